The van der Waals surface area contributed by atoms with E-state index in [2.05, 4.69) is 88.6 Å². The fourth-order valence-electron chi connectivity index (χ4n) is 4.26. The minimum absolute atomic E-state index is 0.0655. The predicted octanol–water partition coefficient (Wildman–Crippen LogP) is 3.34. The molecule has 0 amide bonds. The van der Waals surface area contributed by atoms with Crippen LogP contribution in [0.2, 0.25) is 0 Å². The Labute approximate surface area is 184 Å². The van der Waals surface area contributed by atoms with Crippen LogP contribution in [0.4, 0.5) is 0 Å². The summed E-state index contributed by atoms with van der Waals surface area (Å²) >= 11 is 0. The van der Waals surface area contributed by atoms with Crippen molar-refractivity contribution in [3.63, 3.8) is 0 Å². The van der Waals surface area contributed by atoms with Gasteiger partial charge in [0.05, 0.1) is 12.6 Å². The number of methoxy groups -OCH3 is 1. The highest BCUT2D eigenvalue weighted by atomic mass is 16.5. The van der Waals surface area contributed by atoms with Crippen LogP contribution in [0.15, 0.2) is 54.6 Å². The maximum absolute atomic E-state index is 5.73. The summed E-state index contributed by atoms with van der Waals surface area (Å²) in [6.45, 7) is 11.2. The van der Waals surface area contributed by atoms with Gasteiger partial charge < -0.3 is 4.74 Å². The third-order valence-corrected chi connectivity index (χ3v) is 5.83. The summed E-state index contributed by atoms with van der Waals surface area (Å²) in [6, 6.07) is 18.8. The number of aromatic nitrogens is 4. The molecule has 0 radical (unpaired) electrons. The molecule has 7 nitrogen and oxygen atoms in total. The van der Waals surface area contributed by atoms with Gasteiger partial charge in [0, 0.05) is 38.3 Å². The Hall–Kier alpha value is -2.77. The maximum Gasteiger partial charge on any atom is 0.173 e. The van der Waals surface area contributed by atoms with Gasteiger partial charge in [-0.3, -0.25) is 9.80 Å². The van der Waals surface area contributed by atoms with E-state index in [4.69, 9.17) is 4.74 Å². The quantitative estimate of drug-likeness (QED) is 0.610. The van der Waals surface area contributed by atoms with Crippen molar-refractivity contribution in [3.05, 3.63) is 71.5 Å². The molecule has 4 rings (SSSR count). The minimum Gasteiger partial charge on any atom is -0.496 e. The Morgan fingerprint density at radius 2 is 1.61 bits per heavy atom. The SMILES string of the molecule is COc1ccccc1[C@@H](c1nnnn1C(C)(C)C)N1CCN(Cc2ccccc2)CC1. The number of hydrogen-bond donors (Lipinski definition) is 0. The van der Waals surface area contributed by atoms with Gasteiger partial charge in [-0.2, -0.15) is 0 Å². The number of benzene rings is 2. The maximum atomic E-state index is 5.73. The molecular formula is C24H32N6O. The lowest BCUT2D eigenvalue weighted by atomic mass is 10.0. The Morgan fingerprint density at radius 1 is 0.935 bits per heavy atom. The van der Waals surface area contributed by atoms with Crippen LogP contribution in [-0.4, -0.2) is 63.3 Å². The van der Waals surface area contributed by atoms with Crippen LogP contribution in [0.1, 0.15) is 43.8 Å². The highest BCUT2D eigenvalue weighted by Gasteiger charge is 2.34. The first-order valence-electron chi connectivity index (χ1n) is 10.9. The first-order chi connectivity index (χ1) is 15.0. The second-order valence-corrected chi connectivity index (χ2v) is 9.06. The monoisotopic (exact) mass is 420 g/mol. The molecule has 2 heterocycles. The summed E-state index contributed by atoms with van der Waals surface area (Å²) in [5.41, 5.74) is 2.24. The largest absolute Gasteiger partial charge is 0.496 e. The molecule has 1 aliphatic rings. The Morgan fingerprint density at radius 3 is 2.29 bits per heavy atom. The van der Waals surface area contributed by atoms with E-state index >= 15 is 0 Å². The normalized spacial score (nSPS) is 16.9. The fraction of sp³-hybridized carbons (Fsp3) is 0.458. The summed E-state index contributed by atoms with van der Waals surface area (Å²) in [7, 11) is 1.72. The molecular weight excluding hydrogens is 388 g/mol. The third-order valence-electron chi connectivity index (χ3n) is 5.83. The zero-order valence-electron chi connectivity index (χ0n) is 18.9. The second kappa shape index (κ2) is 9.16. The Balaban J connectivity index is 1.61. The number of ether oxygens (including phenoxy) is 1. The average Bonchev–Trinajstić information content (AvgIpc) is 3.26. The molecule has 1 atom stereocenters. The van der Waals surface area contributed by atoms with E-state index in [1.165, 1.54) is 5.56 Å². The van der Waals surface area contributed by atoms with E-state index in [9.17, 15) is 0 Å². The van der Waals surface area contributed by atoms with Gasteiger partial charge in [-0.1, -0.05) is 48.5 Å². The van der Waals surface area contributed by atoms with Gasteiger partial charge in [-0.05, 0) is 42.8 Å². The molecule has 0 unspecified atom stereocenters. The lowest BCUT2D eigenvalue weighted by molar-refractivity contribution is 0.0970. The second-order valence-electron chi connectivity index (χ2n) is 9.06. The van der Waals surface area contributed by atoms with Crippen molar-refractivity contribution in [3.8, 4) is 5.75 Å². The van der Waals surface area contributed by atoms with Crippen LogP contribution in [-0.2, 0) is 12.1 Å². The number of nitrogens with zero attached hydrogens (tertiary/aromatic N) is 6. The number of piperazine rings is 1. The van der Waals surface area contributed by atoms with Gasteiger partial charge >= 0.3 is 0 Å². The van der Waals surface area contributed by atoms with E-state index in [-0.39, 0.29) is 11.6 Å². The van der Waals surface area contributed by atoms with Crippen molar-refractivity contribution >= 4 is 0 Å². The molecule has 1 aromatic heterocycles. The van der Waals surface area contributed by atoms with Crippen LogP contribution in [0.25, 0.3) is 0 Å². The van der Waals surface area contributed by atoms with Crippen molar-refractivity contribution in [2.24, 2.45) is 0 Å². The smallest absolute Gasteiger partial charge is 0.173 e. The highest BCUT2D eigenvalue weighted by Crippen LogP contribution is 2.35. The molecule has 0 spiro atoms. The van der Waals surface area contributed by atoms with E-state index in [1.807, 2.05) is 16.8 Å². The van der Waals surface area contributed by atoms with E-state index in [1.54, 1.807) is 7.11 Å². The topological polar surface area (TPSA) is 59.3 Å². The van der Waals surface area contributed by atoms with Crippen molar-refractivity contribution in [2.45, 2.75) is 38.9 Å². The summed E-state index contributed by atoms with van der Waals surface area (Å²) in [6.07, 6.45) is 0. The van der Waals surface area contributed by atoms with E-state index in [0.29, 0.717) is 0 Å². The number of rotatable bonds is 6. The summed E-state index contributed by atoms with van der Waals surface area (Å²) in [5.74, 6) is 1.72. The molecule has 7 heteroatoms. The molecule has 0 aliphatic carbocycles. The molecule has 0 saturated carbocycles. The zero-order chi connectivity index (χ0) is 21.8. The third kappa shape index (κ3) is 4.78. The van der Waals surface area contributed by atoms with Gasteiger partial charge in [0.15, 0.2) is 5.82 Å². The Kier molecular flexibility index (Phi) is 6.34. The van der Waals surface area contributed by atoms with Crippen molar-refractivity contribution in [2.75, 3.05) is 33.3 Å². The van der Waals surface area contributed by atoms with Gasteiger partial charge in [0.25, 0.3) is 0 Å². The fourth-order valence-corrected chi connectivity index (χ4v) is 4.26. The summed E-state index contributed by atoms with van der Waals surface area (Å²) in [5, 5.41) is 12.9. The number of para-hydroxylation sites is 1. The molecule has 31 heavy (non-hydrogen) atoms. The molecule has 1 saturated heterocycles. The molecule has 3 aromatic rings. The van der Waals surface area contributed by atoms with Crippen LogP contribution < -0.4 is 4.74 Å². The van der Waals surface area contributed by atoms with Crippen molar-refractivity contribution < 1.29 is 4.74 Å². The standard InChI is InChI=1S/C24H32N6O/c1-24(2,3)30-23(25-26-27-30)22(20-12-8-9-13-21(20)31-4)29-16-14-28(15-17-29)18-19-10-6-5-7-11-19/h5-13,22H,14-18H2,1-4H3/t22-/m0/s1. The molecule has 0 bridgehead atoms. The van der Waals surface area contributed by atoms with Crippen molar-refractivity contribution in [1.29, 1.82) is 0 Å². The van der Waals surface area contributed by atoms with Gasteiger partial charge in [-0.25, -0.2) is 4.68 Å². The lowest BCUT2D eigenvalue weighted by Crippen LogP contribution is -2.48. The molecule has 2 aromatic carbocycles. The van der Waals surface area contributed by atoms with E-state index in [0.717, 1.165) is 49.9 Å². The molecule has 1 fully saturated rings. The summed E-state index contributed by atoms with van der Waals surface area (Å²) in [4.78, 5) is 4.99. The van der Waals surface area contributed by atoms with Crippen LogP contribution in [0, 0.1) is 0 Å². The first-order valence-corrected chi connectivity index (χ1v) is 10.9. The molecule has 0 N–H and O–H groups in total. The number of hydrogen-bond acceptors (Lipinski definition) is 6. The summed E-state index contributed by atoms with van der Waals surface area (Å²) < 4.78 is 7.67. The number of tetrazole rings is 1. The molecule has 1 aliphatic heterocycles. The van der Waals surface area contributed by atoms with E-state index < -0.39 is 0 Å². The zero-order valence-corrected chi connectivity index (χ0v) is 18.9. The first kappa shape index (κ1) is 21.5. The van der Waals surface area contributed by atoms with Crippen LogP contribution in [0.3, 0.4) is 0 Å². The average molecular weight is 421 g/mol. The van der Waals surface area contributed by atoms with Gasteiger partial charge in [0.2, 0.25) is 0 Å². The van der Waals surface area contributed by atoms with Crippen LogP contribution >= 0.6 is 0 Å². The molecule has 164 valence electrons. The predicted molar refractivity (Wildman–Crippen MR) is 121 cm³/mol. The van der Waals surface area contributed by atoms with Crippen LogP contribution in [0.5, 0.6) is 5.75 Å². The van der Waals surface area contributed by atoms with Gasteiger partial charge in [-0.15, -0.1) is 5.10 Å². The van der Waals surface area contributed by atoms with Crippen molar-refractivity contribution in [1.82, 2.24) is 30.0 Å². The highest BCUT2D eigenvalue weighted by molar-refractivity contribution is 5.39. The minimum atomic E-state index is -0.214. The lowest BCUT2D eigenvalue weighted by Gasteiger charge is -2.39. The van der Waals surface area contributed by atoms with Gasteiger partial charge in [0.1, 0.15) is 11.8 Å². The Bertz CT molecular complexity index is 973.